The van der Waals surface area contributed by atoms with E-state index in [1.54, 1.807) is 60.7 Å². The Morgan fingerprint density at radius 3 is 2.22 bits per heavy atom. The van der Waals surface area contributed by atoms with E-state index in [0.717, 1.165) is 5.56 Å². The Morgan fingerprint density at radius 1 is 0.926 bits per heavy atom. The Labute approximate surface area is 163 Å². The van der Waals surface area contributed by atoms with Gasteiger partial charge in [0.05, 0.1) is 11.0 Å². The van der Waals surface area contributed by atoms with E-state index in [2.05, 4.69) is 4.89 Å². The SMILES string of the molecule is O=S(=O)(NOc1ccc(CC(O)c2ccccc2Cl)cc1)c1ccccc1. The van der Waals surface area contributed by atoms with E-state index in [1.165, 1.54) is 12.1 Å². The van der Waals surface area contributed by atoms with Crippen LogP contribution >= 0.6 is 11.6 Å². The van der Waals surface area contributed by atoms with Gasteiger partial charge in [0.1, 0.15) is 5.75 Å². The summed E-state index contributed by atoms with van der Waals surface area (Å²) in [5.41, 5.74) is 1.52. The molecular weight excluding hydrogens is 386 g/mol. The summed E-state index contributed by atoms with van der Waals surface area (Å²) in [7, 11) is -3.76. The third-order valence-electron chi connectivity index (χ3n) is 3.94. The zero-order chi connectivity index (χ0) is 19.3. The Balaban J connectivity index is 1.61. The second-order valence-corrected chi connectivity index (χ2v) is 7.94. The van der Waals surface area contributed by atoms with E-state index in [4.69, 9.17) is 16.4 Å². The molecule has 0 saturated carbocycles. The molecule has 0 amide bonds. The lowest BCUT2D eigenvalue weighted by Crippen LogP contribution is -2.27. The van der Waals surface area contributed by atoms with E-state index >= 15 is 0 Å². The molecule has 1 unspecified atom stereocenters. The number of aliphatic hydroxyl groups is 1. The molecule has 0 saturated heterocycles. The number of hydrogen-bond donors (Lipinski definition) is 2. The monoisotopic (exact) mass is 403 g/mol. The van der Waals surface area contributed by atoms with Crippen molar-refractivity contribution in [1.82, 2.24) is 4.89 Å². The maximum atomic E-state index is 12.1. The van der Waals surface area contributed by atoms with Gasteiger partial charge in [-0.05, 0) is 46.3 Å². The first-order valence-corrected chi connectivity index (χ1v) is 10.1. The highest BCUT2D eigenvalue weighted by molar-refractivity contribution is 7.89. The van der Waals surface area contributed by atoms with Gasteiger partial charge in [-0.15, -0.1) is 0 Å². The van der Waals surface area contributed by atoms with Gasteiger partial charge in [0.25, 0.3) is 10.0 Å². The first-order chi connectivity index (χ1) is 13.0. The summed E-state index contributed by atoms with van der Waals surface area (Å²) in [5, 5.41) is 10.9. The minimum atomic E-state index is -3.76. The summed E-state index contributed by atoms with van der Waals surface area (Å²) < 4.78 is 24.3. The first-order valence-electron chi connectivity index (χ1n) is 8.21. The number of halogens is 1. The fourth-order valence-corrected chi connectivity index (χ4v) is 3.60. The predicted molar refractivity (Wildman–Crippen MR) is 104 cm³/mol. The Hall–Kier alpha value is -2.38. The summed E-state index contributed by atoms with van der Waals surface area (Å²) >= 11 is 6.10. The van der Waals surface area contributed by atoms with Gasteiger partial charge in [-0.3, -0.25) is 0 Å². The minimum absolute atomic E-state index is 0.115. The van der Waals surface area contributed by atoms with Crippen molar-refractivity contribution in [2.24, 2.45) is 0 Å². The third kappa shape index (κ3) is 5.08. The van der Waals surface area contributed by atoms with Gasteiger partial charge in [-0.1, -0.05) is 60.1 Å². The summed E-state index contributed by atoms with van der Waals surface area (Å²) in [6, 6.07) is 21.9. The number of nitrogens with one attached hydrogen (secondary N) is 1. The minimum Gasteiger partial charge on any atom is -0.394 e. The van der Waals surface area contributed by atoms with E-state index in [0.29, 0.717) is 22.8 Å². The van der Waals surface area contributed by atoms with Crippen molar-refractivity contribution in [3.05, 3.63) is 95.0 Å². The zero-order valence-corrected chi connectivity index (χ0v) is 15.8. The second kappa shape index (κ2) is 8.54. The van der Waals surface area contributed by atoms with Crippen molar-refractivity contribution in [1.29, 1.82) is 0 Å². The van der Waals surface area contributed by atoms with Crippen LogP contribution < -0.4 is 9.72 Å². The second-order valence-electron chi connectivity index (χ2n) is 5.89. The molecule has 0 aromatic heterocycles. The van der Waals surface area contributed by atoms with Crippen molar-refractivity contribution in [3.8, 4) is 5.75 Å². The molecule has 1 atom stereocenters. The zero-order valence-electron chi connectivity index (χ0n) is 14.2. The van der Waals surface area contributed by atoms with Gasteiger partial charge in [0.2, 0.25) is 0 Å². The lowest BCUT2D eigenvalue weighted by molar-refractivity contribution is 0.178. The van der Waals surface area contributed by atoms with Gasteiger partial charge in [0, 0.05) is 11.4 Å². The fourth-order valence-electron chi connectivity index (χ4n) is 2.52. The van der Waals surface area contributed by atoms with E-state index < -0.39 is 16.1 Å². The molecule has 0 aliphatic heterocycles. The van der Waals surface area contributed by atoms with Crippen LogP contribution in [0.1, 0.15) is 17.2 Å². The topological polar surface area (TPSA) is 75.6 Å². The molecule has 0 radical (unpaired) electrons. The summed E-state index contributed by atoms with van der Waals surface area (Å²) in [6.45, 7) is 0. The van der Waals surface area contributed by atoms with Gasteiger partial charge < -0.3 is 9.94 Å². The Bertz CT molecular complexity index is 992. The predicted octanol–water partition coefficient (Wildman–Crippen LogP) is 3.89. The number of hydrogen-bond acceptors (Lipinski definition) is 4. The van der Waals surface area contributed by atoms with Crippen LogP contribution in [0, 0.1) is 0 Å². The van der Waals surface area contributed by atoms with Crippen LogP contribution in [0.4, 0.5) is 0 Å². The summed E-state index contributed by atoms with van der Waals surface area (Å²) in [6.07, 6.45) is -0.359. The van der Waals surface area contributed by atoms with Crippen molar-refractivity contribution in [2.45, 2.75) is 17.4 Å². The van der Waals surface area contributed by atoms with E-state index in [-0.39, 0.29) is 4.90 Å². The number of sulfonamides is 1. The Morgan fingerprint density at radius 2 is 1.56 bits per heavy atom. The maximum Gasteiger partial charge on any atom is 0.271 e. The molecule has 0 aliphatic carbocycles. The number of rotatable bonds is 7. The summed E-state index contributed by atoms with van der Waals surface area (Å²) in [5.74, 6) is 0.338. The molecule has 2 N–H and O–H groups in total. The highest BCUT2D eigenvalue weighted by atomic mass is 35.5. The number of aliphatic hydroxyl groups excluding tert-OH is 1. The van der Waals surface area contributed by atoms with Crippen LogP contribution in [-0.4, -0.2) is 13.5 Å². The van der Waals surface area contributed by atoms with Crippen molar-refractivity contribution in [3.63, 3.8) is 0 Å². The molecular formula is C20H18ClNO4S. The summed E-state index contributed by atoms with van der Waals surface area (Å²) in [4.78, 5) is 7.37. The highest BCUT2D eigenvalue weighted by Gasteiger charge is 2.15. The van der Waals surface area contributed by atoms with Crippen molar-refractivity contribution < 1.29 is 18.4 Å². The molecule has 0 bridgehead atoms. The van der Waals surface area contributed by atoms with Crippen LogP contribution in [0.25, 0.3) is 0 Å². The van der Waals surface area contributed by atoms with Crippen LogP contribution in [0.5, 0.6) is 5.75 Å². The average Bonchev–Trinajstić information content (AvgIpc) is 2.68. The molecule has 5 nitrogen and oxygen atoms in total. The lowest BCUT2D eigenvalue weighted by Gasteiger charge is -2.13. The molecule has 27 heavy (non-hydrogen) atoms. The van der Waals surface area contributed by atoms with Crippen LogP contribution in [0.3, 0.4) is 0 Å². The highest BCUT2D eigenvalue weighted by Crippen LogP contribution is 2.26. The first kappa shape index (κ1) is 19.4. The van der Waals surface area contributed by atoms with Gasteiger partial charge in [-0.2, -0.15) is 0 Å². The molecule has 140 valence electrons. The van der Waals surface area contributed by atoms with Crippen molar-refractivity contribution >= 4 is 21.6 Å². The van der Waals surface area contributed by atoms with E-state index in [1.807, 2.05) is 6.07 Å². The maximum absolute atomic E-state index is 12.1. The molecule has 0 spiro atoms. The van der Waals surface area contributed by atoms with Crippen molar-refractivity contribution in [2.75, 3.05) is 0 Å². The van der Waals surface area contributed by atoms with Gasteiger partial charge >= 0.3 is 0 Å². The third-order valence-corrected chi connectivity index (χ3v) is 5.48. The largest absolute Gasteiger partial charge is 0.394 e. The normalized spacial score (nSPS) is 12.5. The molecule has 0 aliphatic rings. The quantitative estimate of drug-likeness (QED) is 0.587. The fraction of sp³-hybridized carbons (Fsp3) is 0.100. The average molecular weight is 404 g/mol. The Kier molecular flexibility index (Phi) is 6.13. The van der Waals surface area contributed by atoms with Gasteiger partial charge in [-0.25, -0.2) is 8.42 Å². The van der Waals surface area contributed by atoms with Crippen LogP contribution in [0.15, 0.2) is 83.8 Å². The molecule has 3 aromatic carbocycles. The van der Waals surface area contributed by atoms with Crippen LogP contribution in [0.2, 0.25) is 5.02 Å². The molecule has 0 heterocycles. The van der Waals surface area contributed by atoms with Crippen LogP contribution in [-0.2, 0) is 16.4 Å². The number of benzene rings is 3. The van der Waals surface area contributed by atoms with E-state index in [9.17, 15) is 13.5 Å². The molecule has 3 aromatic rings. The standard InChI is InChI=1S/C20H18ClNO4S/c21-19-9-5-4-8-18(19)20(23)14-15-10-12-16(13-11-15)26-22-27(24,25)17-6-2-1-3-7-17/h1-13,20,22-23H,14H2. The van der Waals surface area contributed by atoms with Gasteiger partial charge in [0.15, 0.2) is 0 Å². The smallest absolute Gasteiger partial charge is 0.271 e. The lowest BCUT2D eigenvalue weighted by atomic mass is 10.0. The molecule has 7 heteroatoms. The molecule has 0 fully saturated rings. The molecule has 3 rings (SSSR count).